The molecule has 1 aliphatic carbocycles. The standard InChI is InChI=1S/C20H27N5/c1-21-20(22-13-18-14-25-11-5-4-8-19(25)23-18)24-17-10-9-15-6-2-3-7-16(15)12-17/h2-3,6-7,14,17H,4-5,8-13H2,1H3,(H2,21,22,24). The van der Waals surface area contributed by atoms with Crippen molar-refractivity contribution in [3.05, 3.63) is 53.1 Å². The fraction of sp³-hybridized carbons (Fsp3) is 0.500. The van der Waals surface area contributed by atoms with E-state index < -0.39 is 0 Å². The third-order valence-corrected chi connectivity index (χ3v) is 5.31. The summed E-state index contributed by atoms with van der Waals surface area (Å²) in [5.41, 5.74) is 4.06. The van der Waals surface area contributed by atoms with Gasteiger partial charge in [-0.25, -0.2) is 4.98 Å². The molecule has 4 rings (SSSR count). The Kier molecular flexibility index (Phi) is 4.72. The van der Waals surface area contributed by atoms with Crippen LogP contribution in [0.25, 0.3) is 0 Å². The summed E-state index contributed by atoms with van der Waals surface area (Å²) in [5, 5.41) is 7.01. The lowest BCUT2D eigenvalue weighted by Crippen LogP contribution is -2.45. The summed E-state index contributed by atoms with van der Waals surface area (Å²) in [6.45, 7) is 1.83. The zero-order chi connectivity index (χ0) is 17.1. The number of nitrogens with zero attached hydrogens (tertiary/aromatic N) is 3. The van der Waals surface area contributed by atoms with E-state index in [4.69, 9.17) is 4.98 Å². The molecule has 1 aliphatic heterocycles. The van der Waals surface area contributed by atoms with E-state index in [2.05, 4.69) is 50.7 Å². The van der Waals surface area contributed by atoms with Crippen molar-refractivity contribution in [3.63, 3.8) is 0 Å². The second kappa shape index (κ2) is 7.30. The maximum absolute atomic E-state index is 4.75. The number of guanidine groups is 1. The number of aryl methyl sites for hydroxylation is 3. The van der Waals surface area contributed by atoms with E-state index in [1.165, 1.54) is 29.8 Å². The normalized spacial score (nSPS) is 19.9. The quantitative estimate of drug-likeness (QED) is 0.668. The van der Waals surface area contributed by atoms with Crippen LogP contribution in [0.1, 0.15) is 41.9 Å². The number of aliphatic imine (C=N–C) groups is 1. The van der Waals surface area contributed by atoms with Gasteiger partial charge in [0.25, 0.3) is 0 Å². The van der Waals surface area contributed by atoms with E-state index in [1.54, 1.807) is 0 Å². The monoisotopic (exact) mass is 337 g/mol. The lowest BCUT2D eigenvalue weighted by Gasteiger charge is -2.27. The molecule has 0 amide bonds. The van der Waals surface area contributed by atoms with Crippen LogP contribution in [0.3, 0.4) is 0 Å². The van der Waals surface area contributed by atoms with Crippen molar-refractivity contribution in [1.29, 1.82) is 0 Å². The second-order valence-electron chi connectivity index (χ2n) is 7.08. The van der Waals surface area contributed by atoms with Crippen LogP contribution in [-0.2, 0) is 32.4 Å². The zero-order valence-corrected chi connectivity index (χ0v) is 15.0. The van der Waals surface area contributed by atoms with Crippen molar-refractivity contribution in [2.45, 2.75) is 57.7 Å². The van der Waals surface area contributed by atoms with Gasteiger partial charge in [0.2, 0.25) is 0 Å². The van der Waals surface area contributed by atoms with E-state index in [9.17, 15) is 0 Å². The van der Waals surface area contributed by atoms with Crippen molar-refractivity contribution < 1.29 is 0 Å². The molecule has 2 N–H and O–H groups in total. The number of aromatic nitrogens is 2. The van der Waals surface area contributed by atoms with Gasteiger partial charge < -0.3 is 15.2 Å². The molecule has 0 fully saturated rings. The predicted molar refractivity (Wildman–Crippen MR) is 101 cm³/mol. The highest BCUT2D eigenvalue weighted by atomic mass is 15.2. The number of nitrogens with one attached hydrogen (secondary N) is 2. The molecule has 0 bridgehead atoms. The van der Waals surface area contributed by atoms with Crippen molar-refractivity contribution in [3.8, 4) is 0 Å². The Morgan fingerprint density at radius 3 is 2.96 bits per heavy atom. The van der Waals surface area contributed by atoms with Crippen molar-refractivity contribution in [1.82, 2.24) is 20.2 Å². The summed E-state index contributed by atoms with van der Waals surface area (Å²) < 4.78 is 2.30. The average molecular weight is 337 g/mol. The number of benzene rings is 1. The van der Waals surface area contributed by atoms with Gasteiger partial charge in [-0.05, 0) is 43.2 Å². The Labute approximate surface area is 149 Å². The largest absolute Gasteiger partial charge is 0.353 e. The Morgan fingerprint density at radius 1 is 1.24 bits per heavy atom. The fourth-order valence-corrected chi connectivity index (χ4v) is 3.94. The van der Waals surface area contributed by atoms with Crippen LogP contribution in [0, 0.1) is 0 Å². The van der Waals surface area contributed by atoms with Crippen molar-refractivity contribution in [2.24, 2.45) is 4.99 Å². The van der Waals surface area contributed by atoms with Gasteiger partial charge in [0, 0.05) is 32.3 Å². The van der Waals surface area contributed by atoms with E-state index in [0.717, 1.165) is 50.4 Å². The third kappa shape index (κ3) is 3.70. The molecule has 0 spiro atoms. The average Bonchev–Trinajstić information content (AvgIpc) is 3.08. The van der Waals surface area contributed by atoms with E-state index >= 15 is 0 Å². The van der Waals surface area contributed by atoms with Crippen LogP contribution < -0.4 is 10.6 Å². The Morgan fingerprint density at radius 2 is 2.12 bits per heavy atom. The van der Waals surface area contributed by atoms with E-state index in [0.29, 0.717) is 6.04 Å². The van der Waals surface area contributed by atoms with E-state index in [-0.39, 0.29) is 0 Å². The minimum atomic E-state index is 0.441. The minimum absolute atomic E-state index is 0.441. The lowest BCUT2D eigenvalue weighted by molar-refractivity contribution is 0.520. The molecule has 0 radical (unpaired) electrons. The van der Waals surface area contributed by atoms with Crippen LogP contribution in [0.2, 0.25) is 0 Å². The molecule has 2 aliphatic rings. The molecule has 1 aromatic heterocycles. The number of fused-ring (bicyclic) bond motifs is 2. The Bertz CT molecular complexity index is 738. The van der Waals surface area contributed by atoms with Gasteiger partial charge in [-0.1, -0.05) is 24.3 Å². The number of hydrogen-bond donors (Lipinski definition) is 2. The molecule has 1 atom stereocenters. The van der Waals surface area contributed by atoms with Crippen molar-refractivity contribution >= 4 is 5.96 Å². The van der Waals surface area contributed by atoms with Gasteiger partial charge in [-0.15, -0.1) is 0 Å². The molecule has 0 saturated heterocycles. The molecule has 2 heterocycles. The molecule has 1 aromatic carbocycles. The molecule has 5 heteroatoms. The molecule has 25 heavy (non-hydrogen) atoms. The summed E-state index contributed by atoms with van der Waals surface area (Å²) in [7, 11) is 1.84. The maximum atomic E-state index is 4.75. The molecule has 1 unspecified atom stereocenters. The molecule has 0 saturated carbocycles. The summed E-state index contributed by atoms with van der Waals surface area (Å²) in [6, 6.07) is 9.21. The third-order valence-electron chi connectivity index (χ3n) is 5.31. The van der Waals surface area contributed by atoms with E-state index in [1.807, 2.05) is 7.05 Å². The predicted octanol–water partition coefficient (Wildman–Crippen LogP) is 2.44. The first-order valence-electron chi connectivity index (χ1n) is 9.41. The van der Waals surface area contributed by atoms with Gasteiger partial charge in [0.15, 0.2) is 5.96 Å². The first kappa shape index (κ1) is 16.2. The SMILES string of the molecule is CN=C(NCc1cn2c(n1)CCCC2)NC1CCc2ccccc2C1. The molecule has 132 valence electrons. The van der Waals surface area contributed by atoms with Crippen LogP contribution in [0.4, 0.5) is 0 Å². The van der Waals surface area contributed by atoms with Gasteiger partial charge in [0.1, 0.15) is 5.82 Å². The van der Waals surface area contributed by atoms with Crippen LogP contribution in [0.15, 0.2) is 35.5 Å². The zero-order valence-electron chi connectivity index (χ0n) is 15.0. The van der Waals surface area contributed by atoms with Gasteiger partial charge in [-0.3, -0.25) is 4.99 Å². The van der Waals surface area contributed by atoms with Gasteiger partial charge in [-0.2, -0.15) is 0 Å². The topological polar surface area (TPSA) is 54.2 Å². The van der Waals surface area contributed by atoms with Crippen LogP contribution >= 0.6 is 0 Å². The summed E-state index contributed by atoms with van der Waals surface area (Å²) in [6.07, 6.45) is 9.17. The fourth-order valence-electron chi connectivity index (χ4n) is 3.94. The smallest absolute Gasteiger partial charge is 0.191 e. The van der Waals surface area contributed by atoms with Crippen LogP contribution in [0.5, 0.6) is 0 Å². The highest BCUT2D eigenvalue weighted by Crippen LogP contribution is 2.21. The lowest BCUT2D eigenvalue weighted by atomic mass is 9.88. The molecule has 5 nitrogen and oxygen atoms in total. The summed E-state index contributed by atoms with van der Waals surface area (Å²) in [5.74, 6) is 2.10. The van der Waals surface area contributed by atoms with Crippen LogP contribution in [-0.4, -0.2) is 28.6 Å². The first-order valence-corrected chi connectivity index (χ1v) is 9.41. The Hall–Kier alpha value is -2.30. The summed E-state index contributed by atoms with van der Waals surface area (Å²) >= 11 is 0. The van der Waals surface area contributed by atoms with Crippen molar-refractivity contribution in [2.75, 3.05) is 7.05 Å². The second-order valence-corrected chi connectivity index (χ2v) is 7.08. The Balaban J connectivity index is 1.33. The molecular formula is C20H27N5. The maximum Gasteiger partial charge on any atom is 0.191 e. The molecule has 2 aromatic rings. The molecular weight excluding hydrogens is 310 g/mol. The first-order chi connectivity index (χ1) is 12.3. The number of imidazole rings is 1. The summed E-state index contributed by atoms with van der Waals surface area (Å²) in [4.78, 5) is 9.15. The highest BCUT2D eigenvalue weighted by Gasteiger charge is 2.19. The highest BCUT2D eigenvalue weighted by molar-refractivity contribution is 5.80. The van der Waals surface area contributed by atoms with Gasteiger partial charge >= 0.3 is 0 Å². The number of hydrogen-bond acceptors (Lipinski definition) is 2. The number of rotatable bonds is 3. The van der Waals surface area contributed by atoms with Gasteiger partial charge in [0.05, 0.1) is 12.2 Å². The minimum Gasteiger partial charge on any atom is -0.353 e.